The van der Waals surface area contributed by atoms with Crippen molar-refractivity contribution in [2.24, 2.45) is 5.10 Å². The summed E-state index contributed by atoms with van der Waals surface area (Å²) < 4.78 is 11.6. The molecule has 0 aliphatic carbocycles. The van der Waals surface area contributed by atoms with Gasteiger partial charge in [0, 0.05) is 5.56 Å². The molecule has 1 aliphatic heterocycles. The van der Waals surface area contributed by atoms with Gasteiger partial charge in [0.05, 0.1) is 29.1 Å². The fraction of sp³-hybridized carbons (Fsp3) is 0.167. The highest BCUT2D eigenvalue weighted by Gasteiger charge is 2.25. The van der Waals surface area contributed by atoms with Crippen LogP contribution in [0.5, 0.6) is 11.5 Å². The molecule has 2 aromatic carbocycles. The Morgan fingerprint density at radius 1 is 1.30 bits per heavy atom. The molecule has 0 saturated carbocycles. The van der Waals surface area contributed by atoms with Gasteiger partial charge in [0.1, 0.15) is 12.4 Å². The van der Waals surface area contributed by atoms with Crippen molar-refractivity contribution in [1.82, 2.24) is 5.01 Å². The Labute approximate surface area is 176 Å². The number of halogens is 2. The van der Waals surface area contributed by atoms with E-state index >= 15 is 0 Å². The fourth-order valence-electron chi connectivity index (χ4n) is 2.35. The second kappa shape index (κ2) is 8.93. The average molecular weight is 441 g/mol. The van der Waals surface area contributed by atoms with Crippen molar-refractivity contribution < 1.29 is 14.3 Å². The topological polar surface area (TPSA) is 51.1 Å². The lowest BCUT2D eigenvalue weighted by molar-refractivity contribution is -0.123. The van der Waals surface area contributed by atoms with Crippen molar-refractivity contribution in [1.29, 1.82) is 0 Å². The second-order valence-corrected chi connectivity index (χ2v) is 7.84. The maximum Gasteiger partial charge on any atom is 0.259 e. The molecule has 27 heavy (non-hydrogen) atoms. The molecule has 3 rings (SSSR count). The van der Waals surface area contributed by atoms with E-state index < -0.39 is 0 Å². The molecule has 1 fully saturated rings. The number of benzene rings is 2. The third-order valence-electron chi connectivity index (χ3n) is 3.65. The van der Waals surface area contributed by atoms with Crippen LogP contribution in [0.3, 0.4) is 0 Å². The fourth-order valence-corrected chi connectivity index (χ4v) is 3.82. The molecule has 0 bridgehead atoms. The molecule has 9 heteroatoms. The zero-order valence-electron chi connectivity index (χ0n) is 14.1. The number of nitrogens with zero attached hydrogens (tertiary/aromatic N) is 2. The summed E-state index contributed by atoms with van der Waals surface area (Å²) in [6, 6.07) is 10.6. The first-order valence-electron chi connectivity index (χ1n) is 7.77. The summed E-state index contributed by atoms with van der Waals surface area (Å²) in [4.78, 5) is 11.7. The van der Waals surface area contributed by atoms with Crippen LogP contribution in [-0.4, -0.2) is 34.3 Å². The van der Waals surface area contributed by atoms with E-state index in [-0.39, 0.29) is 12.5 Å². The molecular weight excluding hydrogens is 427 g/mol. The van der Waals surface area contributed by atoms with E-state index in [0.717, 1.165) is 11.1 Å². The van der Waals surface area contributed by atoms with Crippen LogP contribution in [0.15, 0.2) is 41.5 Å². The smallest absolute Gasteiger partial charge is 0.259 e. The number of hydrogen-bond donors (Lipinski definition) is 0. The predicted octanol–water partition coefficient (Wildman–Crippen LogP) is 4.78. The summed E-state index contributed by atoms with van der Waals surface area (Å²) in [7, 11) is 1.58. The van der Waals surface area contributed by atoms with Gasteiger partial charge >= 0.3 is 0 Å². The Bertz CT molecular complexity index is 885. The van der Waals surface area contributed by atoms with Gasteiger partial charge in [-0.05, 0) is 35.9 Å². The molecule has 5 nitrogen and oxygen atoms in total. The quantitative estimate of drug-likeness (QED) is 0.477. The SMILES string of the molecule is COc1ccc(C=NN2C(=O)CSC2=S)cc1COc1c(Cl)cccc1Cl. The van der Waals surface area contributed by atoms with E-state index in [1.54, 1.807) is 37.6 Å². The number of ether oxygens (including phenoxy) is 2. The summed E-state index contributed by atoms with van der Waals surface area (Å²) in [6.45, 7) is 0.200. The van der Waals surface area contributed by atoms with E-state index in [9.17, 15) is 4.79 Å². The Hall–Kier alpha value is -1.80. The molecule has 1 saturated heterocycles. The molecule has 0 aromatic heterocycles. The summed E-state index contributed by atoms with van der Waals surface area (Å²) in [6.07, 6.45) is 1.57. The first kappa shape index (κ1) is 19.9. The second-order valence-electron chi connectivity index (χ2n) is 5.42. The average Bonchev–Trinajstić information content (AvgIpc) is 2.97. The van der Waals surface area contributed by atoms with Crippen LogP contribution in [0.2, 0.25) is 10.0 Å². The molecule has 0 unspecified atom stereocenters. The Balaban J connectivity index is 1.79. The van der Waals surface area contributed by atoms with Crippen LogP contribution in [-0.2, 0) is 11.4 Å². The highest BCUT2D eigenvalue weighted by atomic mass is 35.5. The minimum Gasteiger partial charge on any atom is -0.496 e. The van der Waals surface area contributed by atoms with Gasteiger partial charge in [-0.25, -0.2) is 0 Å². The molecule has 1 aliphatic rings. The first-order chi connectivity index (χ1) is 13.0. The van der Waals surface area contributed by atoms with Gasteiger partial charge in [-0.15, -0.1) is 0 Å². The van der Waals surface area contributed by atoms with Crippen LogP contribution in [0.4, 0.5) is 0 Å². The molecule has 2 aromatic rings. The number of para-hydroxylation sites is 1. The van der Waals surface area contributed by atoms with Crippen LogP contribution in [0.25, 0.3) is 0 Å². The first-order valence-corrected chi connectivity index (χ1v) is 9.92. The Kier molecular flexibility index (Phi) is 6.59. The number of amides is 1. The van der Waals surface area contributed by atoms with Crippen LogP contribution < -0.4 is 9.47 Å². The van der Waals surface area contributed by atoms with Gasteiger partial charge in [-0.1, -0.05) is 53.2 Å². The molecule has 1 amide bonds. The zero-order valence-corrected chi connectivity index (χ0v) is 17.3. The van der Waals surface area contributed by atoms with Crippen molar-refractivity contribution in [3.8, 4) is 11.5 Å². The van der Waals surface area contributed by atoms with E-state index in [1.807, 2.05) is 12.1 Å². The number of hydrogen-bond acceptors (Lipinski definition) is 6. The minimum absolute atomic E-state index is 0.133. The third-order valence-corrected chi connectivity index (χ3v) is 5.58. The normalized spacial score (nSPS) is 14.3. The number of thioether (sulfide) groups is 1. The van der Waals surface area contributed by atoms with Gasteiger partial charge in [-0.3, -0.25) is 4.79 Å². The van der Waals surface area contributed by atoms with Gasteiger partial charge in [0.15, 0.2) is 10.1 Å². The molecular formula is C18H14Cl2N2O3S2. The molecule has 0 N–H and O–H groups in total. The number of rotatable bonds is 6. The van der Waals surface area contributed by atoms with Crippen molar-refractivity contribution in [3.05, 3.63) is 57.6 Å². The summed E-state index contributed by atoms with van der Waals surface area (Å²) >= 11 is 18.7. The highest BCUT2D eigenvalue weighted by Crippen LogP contribution is 2.33. The van der Waals surface area contributed by atoms with Crippen molar-refractivity contribution in [3.63, 3.8) is 0 Å². The van der Waals surface area contributed by atoms with Crippen molar-refractivity contribution in [2.45, 2.75) is 6.61 Å². The number of hydrazone groups is 1. The lowest BCUT2D eigenvalue weighted by Gasteiger charge is -2.13. The van der Waals surface area contributed by atoms with E-state index in [1.165, 1.54) is 16.8 Å². The van der Waals surface area contributed by atoms with E-state index in [4.69, 9.17) is 44.9 Å². The number of thiocarbonyl (C=S) groups is 1. The Morgan fingerprint density at radius 3 is 2.67 bits per heavy atom. The largest absolute Gasteiger partial charge is 0.496 e. The van der Waals surface area contributed by atoms with Gasteiger partial charge in [0.25, 0.3) is 5.91 Å². The summed E-state index contributed by atoms with van der Waals surface area (Å²) in [5, 5.41) is 6.25. The number of carbonyl (C=O) groups excluding carboxylic acids is 1. The summed E-state index contributed by atoms with van der Waals surface area (Å²) in [5.74, 6) is 1.24. The highest BCUT2D eigenvalue weighted by molar-refractivity contribution is 8.23. The van der Waals surface area contributed by atoms with Crippen LogP contribution in [0.1, 0.15) is 11.1 Å². The third kappa shape index (κ3) is 4.73. The molecule has 140 valence electrons. The van der Waals surface area contributed by atoms with E-state index in [2.05, 4.69) is 5.10 Å². The maximum atomic E-state index is 11.7. The number of carbonyl (C=O) groups is 1. The minimum atomic E-state index is -0.133. The molecule has 0 spiro atoms. The van der Waals surface area contributed by atoms with Crippen LogP contribution in [0, 0.1) is 0 Å². The monoisotopic (exact) mass is 440 g/mol. The summed E-state index contributed by atoms with van der Waals surface area (Å²) in [5.41, 5.74) is 1.55. The zero-order chi connectivity index (χ0) is 19.4. The molecule has 1 heterocycles. The van der Waals surface area contributed by atoms with Gasteiger partial charge < -0.3 is 9.47 Å². The lowest BCUT2D eigenvalue weighted by atomic mass is 10.1. The van der Waals surface area contributed by atoms with Crippen molar-refractivity contribution in [2.75, 3.05) is 12.9 Å². The molecule has 0 atom stereocenters. The standard InChI is InChI=1S/C18H14Cl2N2O3S2/c1-24-15-6-5-11(8-21-22-16(23)10-27-18(22)26)7-12(15)9-25-17-13(19)3-2-4-14(17)20/h2-8H,9-10H2,1H3. The maximum absolute atomic E-state index is 11.7. The van der Waals surface area contributed by atoms with Gasteiger partial charge in [-0.2, -0.15) is 10.1 Å². The lowest BCUT2D eigenvalue weighted by Crippen LogP contribution is -2.22. The van der Waals surface area contributed by atoms with E-state index in [0.29, 0.717) is 31.6 Å². The van der Waals surface area contributed by atoms with Crippen molar-refractivity contribution >= 4 is 63.6 Å². The predicted molar refractivity (Wildman–Crippen MR) is 113 cm³/mol. The Morgan fingerprint density at radius 2 is 2.04 bits per heavy atom. The van der Waals surface area contributed by atoms with Crippen LogP contribution >= 0.6 is 47.2 Å². The number of methoxy groups -OCH3 is 1. The van der Waals surface area contributed by atoms with Gasteiger partial charge in [0.2, 0.25) is 0 Å². The molecule has 0 radical (unpaired) electrons.